The third-order valence-corrected chi connectivity index (χ3v) is 6.05. The molecule has 4 N–H and O–H groups in total. The zero-order valence-electron chi connectivity index (χ0n) is 18.2. The maximum atomic E-state index is 12.7. The molecule has 2 amide bonds. The van der Waals surface area contributed by atoms with Crippen LogP contribution in [0.4, 0.5) is 10.7 Å². The van der Waals surface area contributed by atoms with E-state index in [2.05, 4.69) is 30.3 Å². The van der Waals surface area contributed by atoms with Gasteiger partial charge in [-0.3, -0.25) is 5.32 Å². The number of urea groups is 1. The zero-order valence-corrected chi connectivity index (χ0v) is 19.0. The molecule has 0 saturated carbocycles. The van der Waals surface area contributed by atoms with Crippen molar-refractivity contribution in [3.8, 4) is 11.4 Å². The minimum Gasteiger partial charge on any atom is -0.467 e. The van der Waals surface area contributed by atoms with Gasteiger partial charge in [-0.15, -0.1) is 0 Å². The van der Waals surface area contributed by atoms with E-state index in [1.165, 1.54) is 30.3 Å². The number of aliphatic hydroxyl groups is 1. The van der Waals surface area contributed by atoms with Crippen molar-refractivity contribution < 1.29 is 32.0 Å². The molecule has 182 valence electrons. The third-order valence-electron chi connectivity index (χ3n) is 4.79. The molecule has 0 saturated heterocycles. The number of fused-ring (bicyclic) bond motifs is 1. The summed E-state index contributed by atoms with van der Waals surface area (Å²) in [7, 11) is -2.99. The van der Waals surface area contributed by atoms with Crippen LogP contribution in [0.2, 0.25) is 0 Å². The molecule has 0 aliphatic carbocycles. The molecule has 0 spiro atoms. The molecule has 13 nitrogen and oxygen atoms in total. The van der Waals surface area contributed by atoms with Crippen molar-refractivity contribution in [2.45, 2.75) is 10.9 Å². The molecule has 0 aliphatic rings. The number of nitrogens with zero attached hydrogens (tertiary/aromatic N) is 3. The highest BCUT2D eigenvalue weighted by atomic mass is 32.2. The minimum absolute atomic E-state index is 0.0224. The second-order valence-electron chi connectivity index (χ2n) is 7.12. The van der Waals surface area contributed by atoms with Crippen LogP contribution in [0, 0.1) is 0 Å². The van der Waals surface area contributed by atoms with Gasteiger partial charge in [-0.1, -0.05) is 0 Å². The van der Waals surface area contributed by atoms with Crippen LogP contribution in [-0.4, -0.2) is 64.8 Å². The number of hydrogen-bond donors (Lipinski definition) is 4. The maximum Gasteiger partial charge on any atom is 0.339 e. The topological polar surface area (TPSA) is 178 Å². The van der Waals surface area contributed by atoms with Crippen LogP contribution in [0.5, 0.6) is 5.75 Å². The molecule has 2 aromatic heterocycles. The van der Waals surface area contributed by atoms with Crippen molar-refractivity contribution in [1.29, 1.82) is 0 Å². The summed E-state index contributed by atoms with van der Waals surface area (Å²) >= 11 is 0. The highest BCUT2D eigenvalue weighted by Gasteiger charge is 2.21. The van der Waals surface area contributed by atoms with Crippen LogP contribution < -0.4 is 14.8 Å². The standard InChI is InChI=1S/C21H20N6O7S/c1-33-19(29)18(11-28)25-21(30)26-20-23-16-7-4-14(10-17(16)24-20)34-35(31,32)15-5-2-13(3-6-15)27-9-8-22-12-27/h2-10,12,18,28H,11H2,1H3,(H3,23,24,25,26,30). The average molecular weight is 500 g/mol. The number of carbonyl (C=O) groups is 2. The minimum atomic E-state index is -4.11. The molecule has 2 aromatic carbocycles. The highest BCUT2D eigenvalue weighted by molar-refractivity contribution is 7.87. The summed E-state index contributed by atoms with van der Waals surface area (Å²) in [5, 5.41) is 13.8. The summed E-state index contributed by atoms with van der Waals surface area (Å²) in [5.74, 6) is -0.761. The number of aliphatic hydroxyl groups excluding tert-OH is 1. The normalized spacial score (nSPS) is 12.2. The summed E-state index contributed by atoms with van der Waals surface area (Å²) in [5.41, 5.74) is 1.54. The van der Waals surface area contributed by atoms with Crippen LogP contribution in [0.15, 0.2) is 66.1 Å². The van der Waals surface area contributed by atoms with Gasteiger partial charge in [-0.25, -0.2) is 19.6 Å². The Morgan fingerprint density at radius 3 is 2.63 bits per heavy atom. The lowest BCUT2D eigenvalue weighted by atomic mass is 10.3. The number of benzene rings is 2. The molecule has 2 heterocycles. The van der Waals surface area contributed by atoms with E-state index in [0.29, 0.717) is 11.0 Å². The van der Waals surface area contributed by atoms with Gasteiger partial charge in [-0.05, 0) is 36.4 Å². The van der Waals surface area contributed by atoms with Crippen LogP contribution in [-0.2, 0) is 19.6 Å². The van der Waals surface area contributed by atoms with E-state index in [4.69, 9.17) is 4.18 Å². The monoisotopic (exact) mass is 500 g/mol. The van der Waals surface area contributed by atoms with E-state index in [1.807, 2.05) is 0 Å². The molecule has 14 heteroatoms. The van der Waals surface area contributed by atoms with Crippen molar-refractivity contribution in [3.63, 3.8) is 0 Å². The summed E-state index contributed by atoms with van der Waals surface area (Å²) in [6.07, 6.45) is 4.94. The first-order valence-corrected chi connectivity index (χ1v) is 11.5. The predicted molar refractivity (Wildman–Crippen MR) is 123 cm³/mol. The van der Waals surface area contributed by atoms with Crippen molar-refractivity contribution in [2.75, 3.05) is 19.0 Å². The SMILES string of the molecule is COC(=O)C(CO)NC(=O)Nc1nc2ccc(OS(=O)(=O)c3ccc(-n4ccnc4)cc3)cc2[nH]1. The second kappa shape index (κ2) is 9.82. The fourth-order valence-corrected chi connectivity index (χ4v) is 4.02. The van der Waals surface area contributed by atoms with Gasteiger partial charge in [0.05, 0.1) is 31.1 Å². The van der Waals surface area contributed by atoms with Crippen LogP contribution in [0.3, 0.4) is 0 Å². The van der Waals surface area contributed by atoms with Gasteiger partial charge >= 0.3 is 22.1 Å². The fraction of sp³-hybridized carbons (Fsp3) is 0.143. The number of aromatic amines is 1. The number of hydrogen-bond acceptors (Lipinski definition) is 9. The van der Waals surface area contributed by atoms with Gasteiger partial charge < -0.3 is 28.9 Å². The third kappa shape index (κ3) is 5.39. The summed E-state index contributed by atoms with van der Waals surface area (Å²) in [6, 6.07) is 8.38. The summed E-state index contributed by atoms with van der Waals surface area (Å²) in [6.45, 7) is -0.651. The number of rotatable bonds is 8. The largest absolute Gasteiger partial charge is 0.467 e. The van der Waals surface area contributed by atoms with E-state index in [0.717, 1.165) is 12.8 Å². The molecule has 0 bridgehead atoms. The Balaban J connectivity index is 1.46. The van der Waals surface area contributed by atoms with E-state index >= 15 is 0 Å². The number of aromatic nitrogens is 4. The molecular formula is C21H20N6O7S. The van der Waals surface area contributed by atoms with Gasteiger partial charge in [0.25, 0.3) is 0 Å². The molecule has 4 rings (SSSR count). The Hall–Kier alpha value is -4.43. The Kier molecular flexibility index (Phi) is 6.66. The first-order valence-electron chi connectivity index (χ1n) is 10.1. The number of ether oxygens (including phenoxy) is 1. The quantitative estimate of drug-likeness (QED) is 0.204. The van der Waals surface area contributed by atoms with Gasteiger partial charge in [0.15, 0.2) is 6.04 Å². The first kappa shape index (κ1) is 23.7. The number of anilines is 1. The lowest BCUT2D eigenvalue weighted by Crippen LogP contribution is -2.46. The lowest BCUT2D eigenvalue weighted by molar-refractivity contribution is -0.143. The van der Waals surface area contributed by atoms with Crippen molar-refractivity contribution in [2.24, 2.45) is 0 Å². The van der Waals surface area contributed by atoms with E-state index in [-0.39, 0.29) is 16.6 Å². The Morgan fingerprint density at radius 2 is 1.97 bits per heavy atom. The van der Waals surface area contributed by atoms with E-state index < -0.39 is 34.8 Å². The van der Waals surface area contributed by atoms with Gasteiger partial charge in [0.2, 0.25) is 5.95 Å². The summed E-state index contributed by atoms with van der Waals surface area (Å²) in [4.78, 5) is 34.4. The second-order valence-corrected chi connectivity index (χ2v) is 8.67. The van der Waals surface area contributed by atoms with Crippen molar-refractivity contribution in [1.82, 2.24) is 24.8 Å². The molecule has 0 fully saturated rings. The predicted octanol–water partition coefficient (Wildman–Crippen LogP) is 1.17. The smallest absolute Gasteiger partial charge is 0.339 e. The maximum absolute atomic E-state index is 12.7. The number of esters is 1. The number of amides is 2. The molecule has 4 aromatic rings. The number of H-pyrrole nitrogens is 1. The van der Waals surface area contributed by atoms with Crippen molar-refractivity contribution in [3.05, 3.63) is 61.2 Å². The van der Waals surface area contributed by atoms with Crippen LogP contribution in [0.1, 0.15) is 0 Å². The molecule has 1 unspecified atom stereocenters. The molecule has 35 heavy (non-hydrogen) atoms. The molecule has 1 atom stereocenters. The first-order chi connectivity index (χ1) is 16.8. The van der Waals surface area contributed by atoms with Gasteiger partial charge in [-0.2, -0.15) is 8.42 Å². The van der Waals surface area contributed by atoms with Crippen LogP contribution >= 0.6 is 0 Å². The van der Waals surface area contributed by atoms with Gasteiger partial charge in [0.1, 0.15) is 10.6 Å². The van der Waals surface area contributed by atoms with Crippen LogP contribution in [0.25, 0.3) is 16.7 Å². The van der Waals surface area contributed by atoms with Crippen molar-refractivity contribution >= 4 is 39.1 Å². The number of methoxy groups -OCH3 is 1. The van der Waals surface area contributed by atoms with Gasteiger partial charge in [0, 0.05) is 24.1 Å². The summed E-state index contributed by atoms with van der Waals surface area (Å²) < 4.78 is 36.9. The Morgan fingerprint density at radius 1 is 1.20 bits per heavy atom. The average Bonchev–Trinajstić information content (AvgIpc) is 3.51. The fourth-order valence-electron chi connectivity index (χ4n) is 3.09. The Labute approximate surface area is 198 Å². The molecule has 0 aliphatic heterocycles. The van der Waals surface area contributed by atoms with E-state index in [1.54, 1.807) is 35.4 Å². The zero-order chi connectivity index (χ0) is 25.0. The van der Waals surface area contributed by atoms with E-state index in [9.17, 15) is 23.1 Å². The number of nitrogens with one attached hydrogen (secondary N) is 3. The molecular weight excluding hydrogens is 480 g/mol. The highest BCUT2D eigenvalue weighted by Crippen LogP contribution is 2.24. The Bertz CT molecular complexity index is 1450. The molecule has 0 radical (unpaired) electrons. The lowest BCUT2D eigenvalue weighted by Gasteiger charge is -2.13. The number of carbonyl (C=O) groups excluding carboxylic acids is 2. The number of imidazole rings is 2.